The van der Waals surface area contributed by atoms with Crippen LogP contribution in [-0.2, 0) is 20.0 Å². The zero-order valence-electron chi connectivity index (χ0n) is 14.1. The second-order valence-electron chi connectivity index (χ2n) is 5.67. The summed E-state index contributed by atoms with van der Waals surface area (Å²) in [4.78, 5) is 15.7. The van der Waals surface area contributed by atoms with Crippen molar-refractivity contribution < 1.29 is 0 Å². The lowest BCUT2D eigenvalue weighted by Crippen LogP contribution is -2.22. The number of halogens is 1. The fourth-order valence-electron chi connectivity index (χ4n) is 2.62. The van der Waals surface area contributed by atoms with E-state index in [-0.39, 0.29) is 0 Å². The molecule has 2 heterocycles. The Labute approximate surface area is 147 Å². The van der Waals surface area contributed by atoms with Gasteiger partial charge >= 0.3 is 0 Å². The van der Waals surface area contributed by atoms with Crippen LogP contribution in [0.1, 0.15) is 18.3 Å². The summed E-state index contributed by atoms with van der Waals surface area (Å²) in [6.45, 7) is 2.71. The van der Waals surface area contributed by atoms with Gasteiger partial charge in [-0.2, -0.15) is 0 Å². The van der Waals surface area contributed by atoms with Crippen molar-refractivity contribution in [3.63, 3.8) is 0 Å². The monoisotopic (exact) mass is 341 g/mol. The van der Waals surface area contributed by atoms with E-state index in [4.69, 9.17) is 16.6 Å². The van der Waals surface area contributed by atoms with Gasteiger partial charge in [-0.3, -0.25) is 0 Å². The second kappa shape index (κ2) is 7.01. The Bertz CT molecular complexity index is 829. The maximum absolute atomic E-state index is 6.44. The van der Waals surface area contributed by atoms with Gasteiger partial charge in [0.15, 0.2) is 5.82 Å². The minimum Gasteiger partial charge on any atom is -0.352 e. The molecule has 0 atom stereocenters. The molecule has 0 aliphatic carbocycles. The zero-order valence-corrected chi connectivity index (χ0v) is 14.8. The first-order valence-corrected chi connectivity index (χ1v) is 8.27. The van der Waals surface area contributed by atoms with Gasteiger partial charge in [0.2, 0.25) is 0 Å². The van der Waals surface area contributed by atoms with Gasteiger partial charge in [0.25, 0.3) is 0 Å². The molecule has 0 aliphatic heterocycles. The van der Waals surface area contributed by atoms with Crippen LogP contribution in [0.15, 0.2) is 42.7 Å². The van der Waals surface area contributed by atoms with E-state index in [2.05, 4.69) is 21.8 Å². The molecule has 0 radical (unpaired) electrons. The predicted molar refractivity (Wildman–Crippen MR) is 97.2 cm³/mol. The van der Waals surface area contributed by atoms with Crippen molar-refractivity contribution in [1.29, 1.82) is 0 Å². The normalized spacial score (nSPS) is 10.8. The Morgan fingerprint density at radius 3 is 2.54 bits per heavy atom. The van der Waals surface area contributed by atoms with E-state index in [0.717, 1.165) is 29.2 Å². The number of rotatable bonds is 5. The van der Waals surface area contributed by atoms with Crippen molar-refractivity contribution in [3.05, 3.63) is 59.3 Å². The first-order chi connectivity index (χ1) is 11.6. The van der Waals surface area contributed by atoms with E-state index in [1.807, 2.05) is 55.2 Å². The predicted octanol–water partition coefficient (Wildman–Crippen LogP) is 3.73. The van der Waals surface area contributed by atoms with Crippen LogP contribution >= 0.6 is 11.6 Å². The van der Waals surface area contributed by atoms with Crippen molar-refractivity contribution in [2.45, 2.75) is 19.9 Å². The molecule has 3 aromatic rings. The van der Waals surface area contributed by atoms with Gasteiger partial charge in [-0.15, -0.1) is 0 Å². The summed E-state index contributed by atoms with van der Waals surface area (Å²) in [6, 6.07) is 9.88. The van der Waals surface area contributed by atoms with E-state index in [1.54, 1.807) is 6.20 Å². The molecular formula is C18H20ClN5. The highest BCUT2D eigenvalue weighted by molar-refractivity contribution is 6.30. The van der Waals surface area contributed by atoms with Crippen LogP contribution in [0, 0.1) is 0 Å². The molecule has 0 fully saturated rings. The maximum atomic E-state index is 6.44. The van der Waals surface area contributed by atoms with Crippen LogP contribution in [0.25, 0.3) is 11.4 Å². The molecule has 1 aromatic carbocycles. The first-order valence-electron chi connectivity index (χ1n) is 7.89. The molecule has 2 aromatic heterocycles. The van der Waals surface area contributed by atoms with E-state index in [9.17, 15) is 0 Å². The van der Waals surface area contributed by atoms with Crippen molar-refractivity contribution >= 4 is 17.4 Å². The average molecular weight is 342 g/mol. The zero-order chi connectivity index (χ0) is 17.1. The van der Waals surface area contributed by atoms with Crippen LogP contribution in [0.3, 0.4) is 0 Å². The molecule has 0 N–H and O–H groups in total. The minimum atomic E-state index is 0.507. The summed E-state index contributed by atoms with van der Waals surface area (Å²) in [5.74, 6) is 2.45. The SMILES string of the molecule is CCc1c(Cl)nc(-c2ccccc2)nc1N(C)Cc1nccn1C. The molecule has 0 saturated heterocycles. The molecule has 5 nitrogen and oxygen atoms in total. The lowest BCUT2D eigenvalue weighted by Gasteiger charge is -2.22. The van der Waals surface area contributed by atoms with E-state index in [1.165, 1.54) is 0 Å². The molecule has 24 heavy (non-hydrogen) atoms. The second-order valence-corrected chi connectivity index (χ2v) is 6.03. The van der Waals surface area contributed by atoms with Gasteiger partial charge in [0.05, 0.1) is 6.54 Å². The molecule has 0 amide bonds. The summed E-state index contributed by atoms with van der Waals surface area (Å²) < 4.78 is 2.00. The first kappa shape index (κ1) is 16.5. The van der Waals surface area contributed by atoms with Gasteiger partial charge < -0.3 is 9.47 Å². The number of imidazole rings is 1. The molecule has 0 aliphatic rings. The third-order valence-electron chi connectivity index (χ3n) is 3.98. The van der Waals surface area contributed by atoms with Crippen LogP contribution in [0.2, 0.25) is 5.15 Å². The van der Waals surface area contributed by atoms with Crippen molar-refractivity contribution in [3.8, 4) is 11.4 Å². The minimum absolute atomic E-state index is 0.507. The molecule has 0 saturated carbocycles. The smallest absolute Gasteiger partial charge is 0.163 e. The quantitative estimate of drug-likeness (QED) is 0.663. The maximum Gasteiger partial charge on any atom is 0.163 e. The number of anilines is 1. The summed E-state index contributed by atoms with van der Waals surface area (Å²) in [7, 11) is 3.99. The highest BCUT2D eigenvalue weighted by Gasteiger charge is 2.17. The third kappa shape index (κ3) is 3.26. The van der Waals surface area contributed by atoms with Crippen molar-refractivity contribution in [2.24, 2.45) is 7.05 Å². The summed E-state index contributed by atoms with van der Waals surface area (Å²) in [5, 5.41) is 0.507. The Balaban J connectivity index is 2.01. The highest BCUT2D eigenvalue weighted by atomic mass is 35.5. The topological polar surface area (TPSA) is 46.8 Å². The molecule has 0 bridgehead atoms. The Hall–Kier alpha value is -2.40. The van der Waals surface area contributed by atoms with Gasteiger partial charge in [-0.1, -0.05) is 48.9 Å². The van der Waals surface area contributed by atoms with Crippen LogP contribution < -0.4 is 4.90 Å². The number of aromatic nitrogens is 4. The lowest BCUT2D eigenvalue weighted by molar-refractivity contribution is 0.751. The van der Waals surface area contributed by atoms with E-state index < -0.39 is 0 Å². The Kier molecular flexibility index (Phi) is 4.81. The Morgan fingerprint density at radius 1 is 1.17 bits per heavy atom. The van der Waals surface area contributed by atoms with Crippen LogP contribution in [-0.4, -0.2) is 26.6 Å². The number of benzene rings is 1. The standard InChI is InChI=1S/C18H20ClN5/c1-4-14-16(19)21-17(13-8-6-5-7-9-13)22-18(14)24(3)12-15-20-10-11-23(15)2/h5-11H,4,12H2,1-3H3. The summed E-state index contributed by atoms with van der Waals surface area (Å²) in [6.07, 6.45) is 4.51. The van der Waals surface area contributed by atoms with E-state index in [0.29, 0.717) is 17.5 Å². The fourth-order valence-corrected chi connectivity index (χ4v) is 2.92. The third-order valence-corrected chi connectivity index (χ3v) is 4.29. The average Bonchev–Trinajstić information content (AvgIpc) is 2.99. The Morgan fingerprint density at radius 2 is 1.92 bits per heavy atom. The number of aryl methyl sites for hydroxylation is 1. The fraction of sp³-hybridized carbons (Fsp3) is 0.278. The van der Waals surface area contributed by atoms with Gasteiger partial charge in [-0.05, 0) is 6.42 Å². The van der Waals surface area contributed by atoms with Crippen molar-refractivity contribution in [1.82, 2.24) is 19.5 Å². The highest BCUT2D eigenvalue weighted by Crippen LogP contribution is 2.28. The van der Waals surface area contributed by atoms with Crippen LogP contribution in [0.4, 0.5) is 5.82 Å². The molecule has 6 heteroatoms. The van der Waals surface area contributed by atoms with Crippen LogP contribution in [0.5, 0.6) is 0 Å². The van der Waals surface area contributed by atoms with Gasteiger partial charge in [-0.25, -0.2) is 15.0 Å². The van der Waals surface area contributed by atoms with E-state index >= 15 is 0 Å². The number of nitrogens with zero attached hydrogens (tertiary/aromatic N) is 5. The molecule has 3 rings (SSSR count). The van der Waals surface area contributed by atoms with Crippen molar-refractivity contribution in [2.75, 3.05) is 11.9 Å². The molecule has 0 unspecified atom stereocenters. The molecule has 0 spiro atoms. The van der Waals surface area contributed by atoms with Gasteiger partial charge in [0, 0.05) is 37.6 Å². The number of hydrogen-bond donors (Lipinski definition) is 0. The summed E-state index contributed by atoms with van der Waals surface area (Å²) >= 11 is 6.44. The molecule has 124 valence electrons. The lowest BCUT2D eigenvalue weighted by atomic mass is 10.2. The summed E-state index contributed by atoms with van der Waals surface area (Å²) in [5.41, 5.74) is 1.90. The molecular weight excluding hydrogens is 322 g/mol. The number of hydrogen-bond acceptors (Lipinski definition) is 4. The largest absolute Gasteiger partial charge is 0.352 e. The van der Waals surface area contributed by atoms with Gasteiger partial charge in [0.1, 0.15) is 16.8 Å².